The van der Waals surface area contributed by atoms with Gasteiger partial charge < -0.3 is 14.9 Å². The van der Waals surface area contributed by atoms with Gasteiger partial charge in [-0.15, -0.1) is 0 Å². The van der Waals surface area contributed by atoms with E-state index in [4.69, 9.17) is 14.9 Å². The van der Waals surface area contributed by atoms with Crippen LogP contribution in [0.25, 0.3) is 0 Å². The first kappa shape index (κ1) is 12.6. The lowest BCUT2D eigenvalue weighted by molar-refractivity contribution is 0.281. The smallest absolute Gasteiger partial charge is 0.127 e. The van der Waals surface area contributed by atoms with Crippen molar-refractivity contribution in [3.8, 4) is 11.5 Å². The lowest BCUT2D eigenvalue weighted by atomic mass is 10.1. The first-order chi connectivity index (χ1) is 8.81. The van der Waals surface area contributed by atoms with Crippen molar-refractivity contribution in [1.82, 2.24) is 0 Å². The zero-order valence-electron chi connectivity index (χ0n) is 10.0. The van der Waals surface area contributed by atoms with E-state index in [1.807, 2.05) is 48.5 Å². The minimum Gasteiger partial charge on any atom is -0.457 e. The van der Waals surface area contributed by atoms with Crippen molar-refractivity contribution < 1.29 is 14.9 Å². The Hall–Kier alpha value is -1.84. The molecule has 0 saturated carbocycles. The molecule has 0 heterocycles. The third kappa shape index (κ3) is 3.32. The van der Waals surface area contributed by atoms with Gasteiger partial charge in [-0.3, -0.25) is 0 Å². The summed E-state index contributed by atoms with van der Waals surface area (Å²) in [5.41, 5.74) is 1.95. The van der Waals surface area contributed by atoms with Gasteiger partial charge in [-0.25, -0.2) is 0 Å². The van der Waals surface area contributed by atoms with Gasteiger partial charge >= 0.3 is 0 Å². The Bertz CT molecular complexity index is 474. The van der Waals surface area contributed by atoms with Gasteiger partial charge in [-0.1, -0.05) is 24.3 Å². The fourth-order valence-electron chi connectivity index (χ4n) is 1.65. The van der Waals surface area contributed by atoms with Crippen LogP contribution in [0.1, 0.15) is 11.1 Å². The highest BCUT2D eigenvalue weighted by Crippen LogP contribution is 2.22. The summed E-state index contributed by atoms with van der Waals surface area (Å²) in [6.07, 6.45) is 0.658. The standard InChI is InChI=1S/C15H16O3/c16-10-9-12-1-5-14(6-2-12)18-15-7-3-13(11-17)4-8-15/h1-8,16-17H,9-11H2. The molecule has 2 aromatic carbocycles. The average Bonchev–Trinajstić information content (AvgIpc) is 2.42. The molecule has 94 valence electrons. The number of benzene rings is 2. The van der Waals surface area contributed by atoms with Crippen molar-refractivity contribution in [3.05, 3.63) is 59.7 Å². The Balaban J connectivity index is 2.03. The van der Waals surface area contributed by atoms with Gasteiger partial charge in [-0.2, -0.15) is 0 Å². The fourth-order valence-corrected chi connectivity index (χ4v) is 1.65. The second-order valence-corrected chi connectivity index (χ2v) is 4.02. The van der Waals surface area contributed by atoms with Crippen LogP contribution in [-0.4, -0.2) is 16.8 Å². The molecule has 0 fully saturated rings. The maximum absolute atomic E-state index is 8.94. The Kier molecular flexibility index (Phi) is 4.34. The Morgan fingerprint density at radius 2 is 1.22 bits per heavy atom. The molecular weight excluding hydrogens is 228 g/mol. The molecule has 3 heteroatoms. The molecule has 2 aromatic rings. The molecule has 2 N–H and O–H groups in total. The van der Waals surface area contributed by atoms with Crippen molar-refractivity contribution >= 4 is 0 Å². The number of rotatable bonds is 5. The highest BCUT2D eigenvalue weighted by molar-refractivity contribution is 5.34. The summed E-state index contributed by atoms with van der Waals surface area (Å²) in [6.45, 7) is 0.193. The first-order valence-electron chi connectivity index (χ1n) is 5.89. The van der Waals surface area contributed by atoms with E-state index in [1.165, 1.54) is 0 Å². The van der Waals surface area contributed by atoms with E-state index in [0.29, 0.717) is 6.42 Å². The lowest BCUT2D eigenvalue weighted by Crippen LogP contribution is -1.90. The van der Waals surface area contributed by atoms with E-state index in [1.54, 1.807) is 0 Å². The molecule has 0 radical (unpaired) electrons. The van der Waals surface area contributed by atoms with Crippen LogP contribution in [0.5, 0.6) is 11.5 Å². The van der Waals surface area contributed by atoms with E-state index in [-0.39, 0.29) is 13.2 Å². The minimum absolute atomic E-state index is 0.0378. The summed E-state index contributed by atoms with van der Waals surface area (Å²) >= 11 is 0. The van der Waals surface area contributed by atoms with Crippen LogP contribution >= 0.6 is 0 Å². The maximum Gasteiger partial charge on any atom is 0.127 e. The van der Waals surface area contributed by atoms with Crippen molar-refractivity contribution in [2.24, 2.45) is 0 Å². The molecule has 0 aromatic heterocycles. The number of hydrogen-bond donors (Lipinski definition) is 2. The number of aliphatic hydroxyl groups is 2. The predicted octanol–water partition coefficient (Wildman–Crippen LogP) is 2.51. The molecule has 0 aliphatic heterocycles. The van der Waals surface area contributed by atoms with Crippen LogP contribution in [0, 0.1) is 0 Å². The van der Waals surface area contributed by atoms with Crippen LogP contribution in [0.15, 0.2) is 48.5 Å². The Morgan fingerprint density at radius 1 is 0.722 bits per heavy atom. The highest BCUT2D eigenvalue weighted by atomic mass is 16.5. The molecule has 2 rings (SSSR count). The first-order valence-corrected chi connectivity index (χ1v) is 5.89. The third-order valence-electron chi connectivity index (χ3n) is 2.67. The van der Waals surface area contributed by atoms with Gasteiger partial charge in [0.2, 0.25) is 0 Å². The topological polar surface area (TPSA) is 49.7 Å². The van der Waals surface area contributed by atoms with Gasteiger partial charge in [-0.05, 0) is 41.8 Å². The van der Waals surface area contributed by atoms with Gasteiger partial charge in [0, 0.05) is 6.61 Å². The largest absolute Gasteiger partial charge is 0.457 e. The lowest BCUT2D eigenvalue weighted by Gasteiger charge is -2.07. The summed E-state index contributed by atoms with van der Waals surface area (Å²) in [7, 11) is 0. The zero-order chi connectivity index (χ0) is 12.8. The number of ether oxygens (including phenoxy) is 1. The molecule has 0 aliphatic carbocycles. The molecule has 18 heavy (non-hydrogen) atoms. The summed E-state index contributed by atoms with van der Waals surface area (Å²) in [5, 5.41) is 17.8. The second kappa shape index (κ2) is 6.19. The average molecular weight is 244 g/mol. The van der Waals surface area contributed by atoms with E-state index in [0.717, 1.165) is 22.6 Å². The minimum atomic E-state index is 0.0378. The molecule has 0 aliphatic rings. The highest BCUT2D eigenvalue weighted by Gasteiger charge is 1.98. The summed E-state index contributed by atoms with van der Waals surface area (Å²) in [6, 6.07) is 14.9. The normalized spacial score (nSPS) is 10.3. The van der Waals surface area contributed by atoms with E-state index in [2.05, 4.69) is 0 Å². The Labute approximate surface area is 106 Å². The van der Waals surface area contributed by atoms with Crippen LogP contribution in [0.3, 0.4) is 0 Å². The van der Waals surface area contributed by atoms with Crippen molar-refractivity contribution in [3.63, 3.8) is 0 Å². The molecule has 0 atom stereocenters. The molecule has 0 spiro atoms. The molecule has 0 amide bonds. The van der Waals surface area contributed by atoms with E-state index < -0.39 is 0 Å². The molecule has 0 saturated heterocycles. The predicted molar refractivity (Wildman–Crippen MR) is 69.7 cm³/mol. The monoisotopic (exact) mass is 244 g/mol. The van der Waals surface area contributed by atoms with Gasteiger partial charge in [0.1, 0.15) is 11.5 Å². The summed E-state index contributed by atoms with van der Waals surface area (Å²) in [5.74, 6) is 1.50. The van der Waals surface area contributed by atoms with Crippen LogP contribution in [0.4, 0.5) is 0 Å². The van der Waals surface area contributed by atoms with Gasteiger partial charge in [0.15, 0.2) is 0 Å². The zero-order valence-corrected chi connectivity index (χ0v) is 10.0. The quantitative estimate of drug-likeness (QED) is 0.849. The van der Waals surface area contributed by atoms with Crippen LogP contribution in [-0.2, 0) is 13.0 Å². The molecule has 0 unspecified atom stereocenters. The van der Waals surface area contributed by atoms with Gasteiger partial charge in [0.25, 0.3) is 0 Å². The Morgan fingerprint density at radius 3 is 1.67 bits per heavy atom. The van der Waals surface area contributed by atoms with Crippen molar-refractivity contribution in [2.45, 2.75) is 13.0 Å². The number of hydrogen-bond acceptors (Lipinski definition) is 3. The second-order valence-electron chi connectivity index (χ2n) is 4.02. The van der Waals surface area contributed by atoms with Crippen molar-refractivity contribution in [1.29, 1.82) is 0 Å². The fraction of sp³-hybridized carbons (Fsp3) is 0.200. The van der Waals surface area contributed by atoms with E-state index in [9.17, 15) is 0 Å². The SMILES string of the molecule is OCCc1ccc(Oc2ccc(CO)cc2)cc1. The van der Waals surface area contributed by atoms with Crippen molar-refractivity contribution in [2.75, 3.05) is 6.61 Å². The van der Waals surface area contributed by atoms with E-state index >= 15 is 0 Å². The van der Waals surface area contributed by atoms with Crippen LogP contribution in [0.2, 0.25) is 0 Å². The third-order valence-corrected chi connectivity index (χ3v) is 2.67. The van der Waals surface area contributed by atoms with Gasteiger partial charge in [0.05, 0.1) is 6.61 Å². The van der Waals surface area contributed by atoms with Crippen LogP contribution < -0.4 is 4.74 Å². The molecule has 0 bridgehead atoms. The maximum atomic E-state index is 8.94. The number of aliphatic hydroxyl groups excluding tert-OH is 2. The molecular formula is C15H16O3. The molecule has 3 nitrogen and oxygen atoms in total. The summed E-state index contributed by atoms with van der Waals surface area (Å²) in [4.78, 5) is 0. The summed E-state index contributed by atoms with van der Waals surface area (Å²) < 4.78 is 5.67.